The van der Waals surface area contributed by atoms with Crippen LogP contribution in [0.15, 0.2) is 4.99 Å². The first-order valence-corrected chi connectivity index (χ1v) is 11.8. The number of halogens is 1. The number of aliphatic imine (C=N–C) groups is 1. The van der Waals surface area contributed by atoms with E-state index in [0.29, 0.717) is 5.92 Å². The van der Waals surface area contributed by atoms with E-state index in [2.05, 4.69) is 38.3 Å². The van der Waals surface area contributed by atoms with Gasteiger partial charge < -0.3 is 24.6 Å². The van der Waals surface area contributed by atoms with Crippen LogP contribution in [-0.4, -0.2) is 85.9 Å². The van der Waals surface area contributed by atoms with Gasteiger partial charge >= 0.3 is 0 Å². The van der Waals surface area contributed by atoms with Crippen LogP contribution in [0.25, 0.3) is 0 Å². The van der Waals surface area contributed by atoms with Gasteiger partial charge in [-0.3, -0.25) is 4.99 Å². The largest absolute Gasteiger partial charge is 0.381 e. The number of anilines is 1. The Balaban J connectivity index is 0.00000320. The molecule has 2 aliphatic heterocycles. The molecular formula is C20H37IN6O2S. The molecular weight excluding hydrogens is 515 g/mol. The second kappa shape index (κ2) is 14.4. The number of hydrogen-bond donors (Lipinski definition) is 1. The summed E-state index contributed by atoms with van der Waals surface area (Å²) in [7, 11) is 0. The van der Waals surface area contributed by atoms with Crippen molar-refractivity contribution in [1.29, 1.82) is 0 Å². The zero-order valence-electron chi connectivity index (χ0n) is 18.3. The fourth-order valence-electron chi connectivity index (χ4n) is 3.57. The van der Waals surface area contributed by atoms with E-state index < -0.39 is 0 Å². The van der Waals surface area contributed by atoms with Crippen LogP contribution in [0.2, 0.25) is 0 Å². The maximum atomic E-state index is 5.86. The smallest absolute Gasteiger partial charge is 0.205 e. The van der Waals surface area contributed by atoms with Crippen LogP contribution in [0.5, 0.6) is 0 Å². The van der Waals surface area contributed by atoms with Crippen LogP contribution in [-0.2, 0) is 15.9 Å². The van der Waals surface area contributed by atoms with Gasteiger partial charge in [-0.15, -0.1) is 24.0 Å². The molecule has 0 aromatic carbocycles. The Labute approximate surface area is 202 Å². The van der Waals surface area contributed by atoms with E-state index in [-0.39, 0.29) is 24.0 Å². The molecule has 0 atom stereocenters. The van der Waals surface area contributed by atoms with Gasteiger partial charge in [0.2, 0.25) is 5.13 Å². The summed E-state index contributed by atoms with van der Waals surface area (Å²) in [6, 6.07) is 0. The number of hydrogen-bond acceptors (Lipinski definition) is 7. The Morgan fingerprint density at radius 3 is 2.67 bits per heavy atom. The molecule has 0 radical (unpaired) electrons. The van der Waals surface area contributed by atoms with Crippen LogP contribution in [0.3, 0.4) is 0 Å². The summed E-state index contributed by atoms with van der Waals surface area (Å²) in [4.78, 5) is 14.1. The fraction of sp³-hybridized carbons (Fsp3) is 0.850. The van der Waals surface area contributed by atoms with E-state index in [0.717, 1.165) is 108 Å². The van der Waals surface area contributed by atoms with Crippen LogP contribution in [0.1, 0.15) is 38.9 Å². The predicted molar refractivity (Wildman–Crippen MR) is 133 cm³/mol. The Bertz CT molecular complexity index is 618. The Morgan fingerprint density at radius 2 is 2.00 bits per heavy atom. The van der Waals surface area contributed by atoms with Gasteiger partial charge in [0.05, 0.1) is 0 Å². The van der Waals surface area contributed by atoms with Gasteiger partial charge in [0.25, 0.3) is 0 Å². The monoisotopic (exact) mass is 552 g/mol. The Hall–Kier alpha value is -0.720. The summed E-state index contributed by atoms with van der Waals surface area (Å²) < 4.78 is 15.7. The summed E-state index contributed by atoms with van der Waals surface area (Å²) >= 11 is 1.51. The molecule has 2 aliphatic rings. The molecule has 2 saturated heterocycles. The van der Waals surface area contributed by atoms with Crippen LogP contribution in [0, 0.1) is 5.92 Å². The number of piperazine rings is 1. The quantitative estimate of drug-likeness (QED) is 0.219. The number of aryl methyl sites for hydroxylation is 1. The molecule has 3 rings (SSSR count). The van der Waals surface area contributed by atoms with Gasteiger partial charge in [-0.2, -0.15) is 4.37 Å². The van der Waals surface area contributed by atoms with E-state index in [4.69, 9.17) is 14.5 Å². The highest BCUT2D eigenvalue weighted by Crippen LogP contribution is 2.19. The highest BCUT2D eigenvalue weighted by molar-refractivity contribution is 14.0. The first-order chi connectivity index (χ1) is 14.3. The number of rotatable bonds is 9. The molecule has 0 spiro atoms. The molecule has 0 aliphatic carbocycles. The van der Waals surface area contributed by atoms with Gasteiger partial charge in [-0.1, -0.05) is 6.92 Å². The van der Waals surface area contributed by atoms with E-state index in [1.54, 1.807) is 0 Å². The molecule has 0 amide bonds. The molecule has 8 nitrogen and oxygen atoms in total. The lowest BCUT2D eigenvalue weighted by molar-refractivity contribution is 0.0205. The predicted octanol–water partition coefficient (Wildman–Crippen LogP) is 2.64. The molecule has 172 valence electrons. The molecule has 0 bridgehead atoms. The molecule has 1 aromatic rings. The van der Waals surface area contributed by atoms with Gasteiger partial charge in [0.1, 0.15) is 5.82 Å². The number of aromatic nitrogens is 2. The van der Waals surface area contributed by atoms with Gasteiger partial charge in [-0.05, 0) is 32.1 Å². The molecule has 1 aromatic heterocycles. The minimum Gasteiger partial charge on any atom is -0.381 e. The minimum atomic E-state index is 0. The van der Waals surface area contributed by atoms with Crippen molar-refractivity contribution in [2.75, 3.05) is 70.6 Å². The van der Waals surface area contributed by atoms with Crippen molar-refractivity contribution in [1.82, 2.24) is 19.6 Å². The van der Waals surface area contributed by atoms with Crippen molar-refractivity contribution >= 4 is 46.6 Å². The van der Waals surface area contributed by atoms with Crippen LogP contribution in [0.4, 0.5) is 5.13 Å². The SMILES string of the molecule is CCNC(=NCCCOCC1CCOCC1)N1CCN(c2nc(CC)ns2)CC1.I. The highest BCUT2D eigenvalue weighted by atomic mass is 127. The zero-order chi connectivity index (χ0) is 20.3. The maximum Gasteiger partial charge on any atom is 0.205 e. The average molecular weight is 553 g/mol. The Kier molecular flexibility index (Phi) is 12.2. The first kappa shape index (κ1) is 25.5. The van der Waals surface area contributed by atoms with E-state index in [9.17, 15) is 0 Å². The second-order valence-corrected chi connectivity index (χ2v) is 8.27. The fourth-order valence-corrected chi connectivity index (χ4v) is 4.37. The molecule has 2 fully saturated rings. The number of nitrogens with zero attached hydrogens (tertiary/aromatic N) is 5. The standard InChI is InChI=1S/C20H36N6O2S.HI/c1-3-18-23-20(29-24-18)26-11-9-25(10-12-26)19(21-4-2)22-8-5-13-28-16-17-6-14-27-15-7-17;/h17H,3-16H2,1-2H3,(H,21,22);1H. The number of ether oxygens (including phenoxy) is 2. The van der Waals surface area contributed by atoms with Crippen molar-refractivity contribution in [3.8, 4) is 0 Å². The van der Waals surface area contributed by atoms with Gasteiger partial charge in [0.15, 0.2) is 5.96 Å². The molecule has 3 heterocycles. The minimum absolute atomic E-state index is 0. The van der Waals surface area contributed by atoms with Gasteiger partial charge in [-0.25, -0.2) is 4.98 Å². The molecule has 10 heteroatoms. The Morgan fingerprint density at radius 1 is 1.23 bits per heavy atom. The van der Waals surface area contributed by atoms with Crippen molar-refractivity contribution < 1.29 is 9.47 Å². The van der Waals surface area contributed by atoms with Crippen molar-refractivity contribution in [3.63, 3.8) is 0 Å². The third kappa shape index (κ3) is 8.08. The molecule has 1 N–H and O–H groups in total. The number of guanidine groups is 1. The summed E-state index contributed by atoms with van der Waals surface area (Å²) in [6.45, 7) is 13.1. The molecule has 0 saturated carbocycles. The summed E-state index contributed by atoms with van der Waals surface area (Å²) in [5.41, 5.74) is 0. The van der Waals surface area contributed by atoms with Crippen molar-refractivity contribution in [2.45, 2.75) is 39.5 Å². The van der Waals surface area contributed by atoms with E-state index in [1.807, 2.05) is 0 Å². The lowest BCUT2D eigenvalue weighted by Gasteiger charge is -2.36. The topological polar surface area (TPSA) is 75.1 Å². The molecule has 30 heavy (non-hydrogen) atoms. The van der Waals surface area contributed by atoms with Crippen LogP contribution >= 0.6 is 35.5 Å². The normalized spacial score (nSPS) is 18.4. The second-order valence-electron chi connectivity index (χ2n) is 7.54. The van der Waals surface area contributed by atoms with Crippen molar-refractivity contribution in [2.24, 2.45) is 10.9 Å². The lowest BCUT2D eigenvalue weighted by atomic mass is 10.0. The van der Waals surface area contributed by atoms with Crippen molar-refractivity contribution in [3.05, 3.63) is 5.82 Å². The third-order valence-electron chi connectivity index (χ3n) is 5.36. The zero-order valence-corrected chi connectivity index (χ0v) is 21.5. The lowest BCUT2D eigenvalue weighted by Crippen LogP contribution is -2.52. The highest BCUT2D eigenvalue weighted by Gasteiger charge is 2.22. The van der Waals surface area contributed by atoms with Gasteiger partial charge in [0, 0.05) is 83.6 Å². The number of nitrogens with one attached hydrogen (secondary N) is 1. The van der Waals surface area contributed by atoms with Crippen LogP contribution < -0.4 is 10.2 Å². The van der Waals surface area contributed by atoms with E-state index in [1.165, 1.54) is 11.5 Å². The summed E-state index contributed by atoms with van der Waals surface area (Å²) in [6.07, 6.45) is 4.12. The summed E-state index contributed by atoms with van der Waals surface area (Å²) in [5, 5.41) is 4.49. The first-order valence-electron chi connectivity index (χ1n) is 11.1. The third-order valence-corrected chi connectivity index (χ3v) is 6.18. The van der Waals surface area contributed by atoms with E-state index >= 15 is 0 Å². The molecule has 0 unspecified atom stereocenters. The average Bonchev–Trinajstić information content (AvgIpc) is 3.25. The summed E-state index contributed by atoms with van der Waals surface area (Å²) in [5.74, 6) is 2.63. The maximum absolute atomic E-state index is 5.86.